The minimum absolute atomic E-state index is 0. The van der Waals surface area contributed by atoms with Crippen LogP contribution < -0.4 is 5.73 Å². The van der Waals surface area contributed by atoms with E-state index < -0.39 is 6.04 Å². The molecular formula is C9H12Br2ClNO2S. The van der Waals surface area contributed by atoms with E-state index in [1.165, 1.54) is 0 Å². The molecule has 1 unspecified atom stereocenters. The molecule has 1 aromatic heterocycles. The van der Waals surface area contributed by atoms with Crippen LogP contribution in [0.1, 0.15) is 12.5 Å². The molecule has 1 atom stereocenters. The summed E-state index contributed by atoms with van der Waals surface area (Å²) in [5.74, 6) is -0.355. The summed E-state index contributed by atoms with van der Waals surface area (Å²) < 4.78 is 6.84. The second-order valence-electron chi connectivity index (χ2n) is 2.91. The monoisotopic (exact) mass is 391 g/mol. The highest BCUT2D eigenvalue weighted by molar-refractivity contribution is 9.12. The van der Waals surface area contributed by atoms with Gasteiger partial charge in [-0.2, -0.15) is 0 Å². The lowest BCUT2D eigenvalue weighted by Crippen LogP contribution is -2.34. The van der Waals surface area contributed by atoms with Gasteiger partial charge in [0.25, 0.3) is 0 Å². The molecule has 0 aromatic carbocycles. The molecule has 0 amide bonds. The fourth-order valence-corrected chi connectivity index (χ4v) is 3.94. The number of thiophene rings is 1. The maximum Gasteiger partial charge on any atom is 0.323 e. The Morgan fingerprint density at radius 1 is 1.62 bits per heavy atom. The molecule has 0 radical (unpaired) electrons. The first-order valence-corrected chi connectivity index (χ1v) is 6.80. The summed E-state index contributed by atoms with van der Waals surface area (Å²) in [4.78, 5) is 11.3. The number of rotatable bonds is 4. The quantitative estimate of drug-likeness (QED) is 0.800. The van der Waals surface area contributed by atoms with Crippen molar-refractivity contribution < 1.29 is 9.53 Å². The molecule has 2 N–H and O–H groups in total. The Balaban J connectivity index is 0.00000225. The molecule has 7 heteroatoms. The van der Waals surface area contributed by atoms with E-state index in [9.17, 15) is 4.79 Å². The maximum atomic E-state index is 11.3. The Bertz CT molecular complexity index is 359. The molecule has 1 rings (SSSR count). The Kier molecular flexibility index (Phi) is 7.84. The smallest absolute Gasteiger partial charge is 0.323 e. The highest BCUT2D eigenvalue weighted by Gasteiger charge is 2.17. The van der Waals surface area contributed by atoms with Crippen LogP contribution in [0.15, 0.2) is 13.6 Å². The average Bonchev–Trinajstić information content (AvgIpc) is 2.45. The van der Waals surface area contributed by atoms with Crippen LogP contribution in [-0.2, 0) is 16.0 Å². The van der Waals surface area contributed by atoms with Gasteiger partial charge in [0.05, 0.1) is 14.2 Å². The summed E-state index contributed by atoms with van der Waals surface area (Å²) in [5.41, 5.74) is 6.73. The van der Waals surface area contributed by atoms with Gasteiger partial charge in [-0.15, -0.1) is 23.7 Å². The van der Waals surface area contributed by atoms with Gasteiger partial charge < -0.3 is 10.5 Å². The molecular weight excluding hydrogens is 381 g/mol. The van der Waals surface area contributed by atoms with Crippen LogP contribution >= 0.6 is 55.6 Å². The second kappa shape index (κ2) is 7.66. The maximum absolute atomic E-state index is 11.3. The van der Waals surface area contributed by atoms with Crippen molar-refractivity contribution in [1.82, 2.24) is 0 Å². The molecule has 0 fully saturated rings. The molecule has 0 aliphatic heterocycles. The fourth-order valence-electron chi connectivity index (χ4n) is 1.08. The lowest BCUT2D eigenvalue weighted by atomic mass is 10.1. The van der Waals surface area contributed by atoms with Crippen molar-refractivity contribution in [3.63, 3.8) is 0 Å². The number of ether oxygens (including phenoxy) is 1. The van der Waals surface area contributed by atoms with Crippen molar-refractivity contribution in [1.29, 1.82) is 0 Å². The highest BCUT2D eigenvalue weighted by atomic mass is 79.9. The molecule has 0 bridgehead atoms. The fraction of sp³-hybridized carbons (Fsp3) is 0.444. The lowest BCUT2D eigenvalue weighted by molar-refractivity contribution is -0.144. The zero-order valence-electron chi connectivity index (χ0n) is 8.54. The Morgan fingerprint density at radius 2 is 2.25 bits per heavy atom. The molecule has 92 valence electrons. The van der Waals surface area contributed by atoms with E-state index in [0.29, 0.717) is 13.0 Å². The van der Waals surface area contributed by atoms with Gasteiger partial charge in [0, 0.05) is 6.42 Å². The number of hydrogen-bond donors (Lipinski definition) is 1. The van der Waals surface area contributed by atoms with Crippen LogP contribution in [0.25, 0.3) is 0 Å². The normalized spacial score (nSPS) is 11.8. The molecule has 1 heterocycles. The zero-order chi connectivity index (χ0) is 11.4. The predicted octanol–water partition coefficient (Wildman–Crippen LogP) is 3.13. The summed E-state index contributed by atoms with van der Waals surface area (Å²) in [7, 11) is 0. The first-order valence-electron chi connectivity index (χ1n) is 4.40. The van der Waals surface area contributed by atoms with Crippen molar-refractivity contribution in [2.45, 2.75) is 19.4 Å². The molecule has 16 heavy (non-hydrogen) atoms. The van der Waals surface area contributed by atoms with Gasteiger partial charge in [0.2, 0.25) is 0 Å². The third kappa shape index (κ3) is 4.71. The topological polar surface area (TPSA) is 52.3 Å². The number of carbonyl (C=O) groups excluding carboxylic acids is 1. The van der Waals surface area contributed by atoms with Gasteiger partial charge in [0.1, 0.15) is 6.04 Å². The number of halogens is 3. The SMILES string of the molecule is CCOC(=O)C(N)Cc1cc(Br)sc1Br.Cl. The number of nitrogens with two attached hydrogens (primary N) is 1. The van der Waals surface area contributed by atoms with Crippen LogP contribution in [0.3, 0.4) is 0 Å². The molecule has 0 aliphatic carbocycles. The van der Waals surface area contributed by atoms with E-state index in [2.05, 4.69) is 31.9 Å². The molecule has 0 saturated heterocycles. The van der Waals surface area contributed by atoms with E-state index in [0.717, 1.165) is 13.1 Å². The number of esters is 1. The number of hydrogen-bond acceptors (Lipinski definition) is 4. The van der Waals surface area contributed by atoms with Crippen LogP contribution in [-0.4, -0.2) is 18.6 Å². The standard InChI is InChI=1S/C9H11Br2NO2S.ClH/c1-2-14-9(13)6(12)3-5-4-7(10)15-8(5)11;/h4,6H,2-3,12H2,1H3;1H. The first kappa shape index (κ1) is 16.4. The minimum Gasteiger partial charge on any atom is -0.465 e. The van der Waals surface area contributed by atoms with Crippen molar-refractivity contribution in [2.24, 2.45) is 5.73 Å². The second-order valence-corrected chi connectivity index (χ2v) is 6.66. The summed E-state index contributed by atoms with van der Waals surface area (Å²) in [6.45, 7) is 2.13. The Morgan fingerprint density at radius 3 is 2.69 bits per heavy atom. The third-order valence-corrected chi connectivity index (χ3v) is 4.22. The minimum atomic E-state index is -0.595. The van der Waals surface area contributed by atoms with Crippen LogP contribution in [0.5, 0.6) is 0 Å². The zero-order valence-corrected chi connectivity index (χ0v) is 13.3. The van der Waals surface area contributed by atoms with Gasteiger partial charge in [-0.05, 0) is 50.4 Å². The van der Waals surface area contributed by atoms with Gasteiger partial charge >= 0.3 is 5.97 Å². The van der Waals surface area contributed by atoms with Crippen molar-refractivity contribution in [2.75, 3.05) is 6.61 Å². The van der Waals surface area contributed by atoms with Crippen molar-refractivity contribution in [3.05, 3.63) is 19.2 Å². The Hall–Kier alpha value is 0.380. The van der Waals surface area contributed by atoms with Gasteiger partial charge in [0.15, 0.2) is 0 Å². The van der Waals surface area contributed by atoms with Crippen LogP contribution in [0, 0.1) is 0 Å². The molecule has 3 nitrogen and oxygen atoms in total. The van der Waals surface area contributed by atoms with E-state index >= 15 is 0 Å². The molecule has 0 saturated carbocycles. The first-order chi connectivity index (χ1) is 7.04. The van der Waals surface area contributed by atoms with E-state index in [1.54, 1.807) is 18.3 Å². The average molecular weight is 394 g/mol. The van der Waals surface area contributed by atoms with Crippen molar-refractivity contribution in [3.8, 4) is 0 Å². The number of carbonyl (C=O) groups is 1. The summed E-state index contributed by atoms with van der Waals surface area (Å²) in [6, 6.07) is 1.36. The van der Waals surface area contributed by atoms with Crippen LogP contribution in [0.2, 0.25) is 0 Å². The van der Waals surface area contributed by atoms with Crippen LogP contribution in [0.4, 0.5) is 0 Å². The van der Waals surface area contributed by atoms with E-state index in [-0.39, 0.29) is 18.4 Å². The van der Waals surface area contributed by atoms with Gasteiger partial charge in [-0.25, -0.2) is 0 Å². The molecule has 1 aromatic rings. The largest absolute Gasteiger partial charge is 0.465 e. The molecule has 0 aliphatic rings. The van der Waals surface area contributed by atoms with Crippen molar-refractivity contribution >= 4 is 61.6 Å². The van der Waals surface area contributed by atoms with E-state index in [1.807, 2.05) is 6.07 Å². The predicted molar refractivity (Wildman–Crippen MR) is 75.3 cm³/mol. The van der Waals surface area contributed by atoms with E-state index in [4.69, 9.17) is 10.5 Å². The van der Waals surface area contributed by atoms with Gasteiger partial charge in [-0.3, -0.25) is 4.79 Å². The summed E-state index contributed by atoms with van der Waals surface area (Å²) in [5, 5.41) is 0. The Labute approximate surface area is 121 Å². The lowest BCUT2D eigenvalue weighted by Gasteiger charge is -2.09. The summed E-state index contributed by atoms with van der Waals surface area (Å²) >= 11 is 8.35. The highest BCUT2D eigenvalue weighted by Crippen LogP contribution is 2.32. The van der Waals surface area contributed by atoms with Gasteiger partial charge in [-0.1, -0.05) is 0 Å². The third-order valence-electron chi connectivity index (χ3n) is 1.76. The molecule has 0 spiro atoms. The summed E-state index contributed by atoms with van der Waals surface area (Å²) in [6.07, 6.45) is 0.488.